The van der Waals surface area contributed by atoms with Gasteiger partial charge >= 0.3 is 0 Å². The summed E-state index contributed by atoms with van der Waals surface area (Å²) in [5.41, 5.74) is 1.03. The standard InChI is InChI=1S/C15H29N5/c1-3-4-5-8-19-9-6-7-14(11-19)12-20-13-15(10-16-2)17-18-20/h13-14,16H,3-12H2,1-2H3. The van der Waals surface area contributed by atoms with Crippen LogP contribution in [0.1, 0.15) is 44.7 Å². The Kier molecular flexibility index (Phi) is 6.47. The monoisotopic (exact) mass is 279 g/mol. The molecule has 0 radical (unpaired) electrons. The highest BCUT2D eigenvalue weighted by Crippen LogP contribution is 2.18. The minimum absolute atomic E-state index is 0.731. The average molecular weight is 279 g/mol. The smallest absolute Gasteiger partial charge is 0.0964 e. The van der Waals surface area contributed by atoms with Crippen LogP contribution in [-0.2, 0) is 13.1 Å². The molecule has 0 aromatic carbocycles. The summed E-state index contributed by atoms with van der Waals surface area (Å²) in [5, 5.41) is 11.5. The molecule has 1 aliphatic rings. The minimum Gasteiger partial charge on any atom is -0.314 e. The van der Waals surface area contributed by atoms with E-state index >= 15 is 0 Å². The number of piperidine rings is 1. The Morgan fingerprint density at radius 2 is 2.30 bits per heavy atom. The fourth-order valence-corrected chi connectivity index (χ4v) is 3.04. The fraction of sp³-hybridized carbons (Fsp3) is 0.867. The van der Waals surface area contributed by atoms with Gasteiger partial charge in [0.05, 0.1) is 5.69 Å². The lowest BCUT2D eigenvalue weighted by molar-refractivity contribution is 0.157. The zero-order chi connectivity index (χ0) is 14.2. The van der Waals surface area contributed by atoms with E-state index in [0.29, 0.717) is 0 Å². The highest BCUT2D eigenvalue weighted by Gasteiger charge is 2.20. The summed E-state index contributed by atoms with van der Waals surface area (Å²) in [6.45, 7) is 7.86. The molecule has 1 fully saturated rings. The summed E-state index contributed by atoms with van der Waals surface area (Å²) in [6.07, 6.45) is 8.74. The zero-order valence-electron chi connectivity index (χ0n) is 13.0. The Morgan fingerprint density at radius 1 is 1.40 bits per heavy atom. The van der Waals surface area contributed by atoms with Crippen LogP contribution < -0.4 is 5.32 Å². The molecule has 2 rings (SSSR count). The number of nitrogens with one attached hydrogen (secondary N) is 1. The maximum absolute atomic E-state index is 4.24. The molecule has 1 atom stereocenters. The number of likely N-dealkylation sites (tertiary alicyclic amines) is 1. The summed E-state index contributed by atoms with van der Waals surface area (Å²) in [5.74, 6) is 0.731. The Bertz CT molecular complexity index is 376. The predicted molar refractivity (Wildman–Crippen MR) is 81.5 cm³/mol. The van der Waals surface area contributed by atoms with E-state index in [9.17, 15) is 0 Å². The molecule has 1 aromatic rings. The lowest BCUT2D eigenvalue weighted by Gasteiger charge is -2.32. The summed E-state index contributed by atoms with van der Waals surface area (Å²) < 4.78 is 2.02. The molecule has 1 aliphatic heterocycles. The highest BCUT2D eigenvalue weighted by atomic mass is 15.4. The molecule has 2 heterocycles. The molecule has 114 valence electrons. The first-order chi connectivity index (χ1) is 9.81. The molecule has 0 spiro atoms. The molecule has 1 N–H and O–H groups in total. The maximum Gasteiger partial charge on any atom is 0.0964 e. The van der Waals surface area contributed by atoms with E-state index in [1.54, 1.807) is 0 Å². The lowest BCUT2D eigenvalue weighted by atomic mass is 9.98. The molecule has 5 heteroatoms. The van der Waals surface area contributed by atoms with Gasteiger partial charge in [-0.3, -0.25) is 4.68 Å². The van der Waals surface area contributed by atoms with Crippen LogP contribution in [0.2, 0.25) is 0 Å². The van der Waals surface area contributed by atoms with Gasteiger partial charge in [-0.2, -0.15) is 0 Å². The molecular formula is C15H29N5. The molecule has 1 unspecified atom stereocenters. The first-order valence-electron chi connectivity index (χ1n) is 8.07. The van der Waals surface area contributed by atoms with Crippen molar-refractivity contribution >= 4 is 0 Å². The van der Waals surface area contributed by atoms with Crippen molar-refractivity contribution in [1.82, 2.24) is 25.2 Å². The van der Waals surface area contributed by atoms with Crippen molar-refractivity contribution in [3.05, 3.63) is 11.9 Å². The van der Waals surface area contributed by atoms with Gasteiger partial charge in [-0.25, -0.2) is 0 Å². The van der Waals surface area contributed by atoms with Gasteiger partial charge < -0.3 is 10.2 Å². The number of rotatable bonds is 8. The molecule has 0 aliphatic carbocycles. The summed E-state index contributed by atoms with van der Waals surface area (Å²) >= 11 is 0. The van der Waals surface area contributed by atoms with E-state index < -0.39 is 0 Å². The van der Waals surface area contributed by atoms with E-state index in [0.717, 1.165) is 24.7 Å². The van der Waals surface area contributed by atoms with E-state index in [-0.39, 0.29) is 0 Å². The van der Waals surface area contributed by atoms with Crippen LogP contribution in [0.4, 0.5) is 0 Å². The quantitative estimate of drug-likeness (QED) is 0.738. The van der Waals surface area contributed by atoms with Gasteiger partial charge in [0.15, 0.2) is 0 Å². The van der Waals surface area contributed by atoms with Crippen LogP contribution in [0.3, 0.4) is 0 Å². The minimum atomic E-state index is 0.731. The molecule has 0 bridgehead atoms. The Hall–Kier alpha value is -0.940. The fourth-order valence-electron chi connectivity index (χ4n) is 3.04. The highest BCUT2D eigenvalue weighted by molar-refractivity contribution is 4.91. The lowest BCUT2D eigenvalue weighted by Crippen LogP contribution is -2.37. The van der Waals surface area contributed by atoms with Gasteiger partial charge in [0.25, 0.3) is 0 Å². The van der Waals surface area contributed by atoms with Crippen LogP contribution >= 0.6 is 0 Å². The third-order valence-electron chi connectivity index (χ3n) is 4.07. The van der Waals surface area contributed by atoms with Crippen molar-refractivity contribution in [2.24, 2.45) is 5.92 Å². The van der Waals surface area contributed by atoms with E-state index in [2.05, 4.69) is 33.6 Å². The van der Waals surface area contributed by atoms with E-state index in [1.165, 1.54) is 51.7 Å². The maximum atomic E-state index is 4.24. The van der Waals surface area contributed by atoms with Gasteiger partial charge in [0, 0.05) is 25.8 Å². The first kappa shape index (κ1) is 15.4. The van der Waals surface area contributed by atoms with Gasteiger partial charge in [-0.05, 0) is 45.3 Å². The van der Waals surface area contributed by atoms with Crippen LogP contribution in [0.5, 0.6) is 0 Å². The van der Waals surface area contributed by atoms with Crippen LogP contribution in [-0.4, -0.2) is 46.6 Å². The molecule has 0 saturated carbocycles. The number of aromatic nitrogens is 3. The van der Waals surface area contributed by atoms with E-state index in [1.807, 2.05) is 11.7 Å². The zero-order valence-corrected chi connectivity index (χ0v) is 13.0. The van der Waals surface area contributed by atoms with Crippen molar-refractivity contribution in [2.75, 3.05) is 26.7 Å². The second-order valence-corrected chi connectivity index (χ2v) is 5.98. The van der Waals surface area contributed by atoms with Crippen molar-refractivity contribution in [2.45, 2.75) is 52.1 Å². The Labute approximate surface area is 122 Å². The van der Waals surface area contributed by atoms with Gasteiger partial charge in [-0.15, -0.1) is 5.10 Å². The van der Waals surface area contributed by atoms with Gasteiger partial charge in [0.2, 0.25) is 0 Å². The number of hydrogen-bond donors (Lipinski definition) is 1. The van der Waals surface area contributed by atoms with Crippen molar-refractivity contribution in [3.63, 3.8) is 0 Å². The second kappa shape index (κ2) is 8.37. The topological polar surface area (TPSA) is 46.0 Å². The van der Waals surface area contributed by atoms with Gasteiger partial charge in [0.1, 0.15) is 0 Å². The molecule has 1 aromatic heterocycles. The first-order valence-corrected chi connectivity index (χ1v) is 8.07. The molecular weight excluding hydrogens is 250 g/mol. The summed E-state index contributed by atoms with van der Waals surface area (Å²) in [7, 11) is 1.94. The average Bonchev–Trinajstić information content (AvgIpc) is 2.87. The Morgan fingerprint density at radius 3 is 3.10 bits per heavy atom. The SMILES string of the molecule is CCCCCN1CCCC(Cn2cc(CNC)nn2)C1. The van der Waals surface area contributed by atoms with Crippen molar-refractivity contribution < 1.29 is 0 Å². The predicted octanol–water partition coefficient (Wildman–Crippen LogP) is 1.90. The van der Waals surface area contributed by atoms with Crippen LogP contribution in [0.25, 0.3) is 0 Å². The molecule has 0 amide bonds. The normalized spacial score (nSPS) is 20.4. The van der Waals surface area contributed by atoms with Crippen molar-refractivity contribution in [3.8, 4) is 0 Å². The molecule has 5 nitrogen and oxygen atoms in total. The molecule has 20 heavy (non-hydrogen) atoms. The number of hydrogen-bond acceptors (Lipinski definition) is 4. The third kappa shape index (κ3) is 4.87. The second-order valence-electron chi connectivity index (χ2n) is 5.98. The number of unbranched alkanes of at least 4 members (excludes halogenated alkanes) is 2. The van der Waals surface area contributed by atoms with Crippen molar-refractivity contribution in [1.29, 1.82) is 0 Å². The summed E-state index contributed by atoms with van der Waals surface area (Å²) in [6, 6.07) is 0. The largest absolute Gasteiger partial charge is 0.314 e. The van der Waals surface area contributed by atoms with Crippen LogP contribution in [0.15, 0.2) is 6.20 Å². The number of nitrogens with zero attached hydrogens (tertiary/aromatic N) is 4. The third-order valence-corrected chi connectivity index (χ3v) is 4.07. The van der Waals surface area contributed by atoms with E-state index in [4.69, 9.17) is 0 Å². The molecule has 1 saturated heterocycles. The summed E-state index contributed by atoms with van der Waals surface area (Å²) in [4.78, 5) is 2.63. The Balaban J connectivity index is 1.76. The van der Waals surface area contributed by atoms with Crippen LogP contribution in [0, 0.1) is 5.92 Å². The van der Waals surface area contributed by atoms with Gasteiger partial charge in [-0.1, -0.05) is 25.0 Å².